The molecular weight excluding hydrogens is 244 g/mol. The molecule has 4 nitrogen and oxygen atoms in total. The lowest BCUT2D eigenvalue weighted by Gasteiger charge is -2.13. The smallest absolute Gasteiger partial charge is 0.0950 e. The van der Waals surface area contributed by atoms with Crippen LogP contribution in [0.4, 0.5) is 0 Å². The van der Waals surface area contributed by atoms with E-state index in [2.05, 4.69) is 34.1 Å². The zero-order chi connectivity index (χ0) is 13.1. The molecule has 0 spiro atoms. The zero-order valence-electron chi connectivity index (χ0n) is 11.2. The molecule has 18 heavy (non-hydrogen) atoms. The van der Waals surface area contributed by atoms with Crippen LogP contribution >= 0.6 is 11.3 Å². The predicted octanol–water partition coefficient (Wildman–Crippen LogP) is 2.36. The molecule has 1 unspecified atom stereocenters. The largest absolute Gasteiger partial charge is 0.311 e. The van der Waals surface area contributed by atoms with E-state index in [1.54, 1.807) is 17.5 Å². The van der Waals surface area contributed by atoms with Gasteiger partial charge in [-0.15, -0.1) is 11.3 Å². The Morgan fingerprint density at radius 3 is 2.50 bits per heavy atom. The van der Waals surface area contributed by atoms with Crippen LogP contribution in [0.3, 0.4) is 0 Å². The Labute approximate surface area is 112 Å². The summed E-state index contributed by atoms with van der Waals surface area (Å²) in [6.45, 7) is 6.10. The highest BCUT2D eigenvalue weighted by Crippen LogP contribution is 2.22. The van der Waals surface area contributed by atoms with E-state index in [9.17, 15) is 0 Å². The van der Waals surface area contributed by atoms with Crippen LogP contribution < -0.4 is 5.32 Å². The van der Waals surface area contributed by atoms with Crippen molar-refractivity contribution in [2.75, 3.05) is 7.05 Å². The van der Waals surface area contributed by atoms with Gasteiger partial charge in [-0.3, -0.25) is 9.97 Å². The van der Waals surface area contributed by atoms with Crippen molar-refractivity contribution in [2.45, 2.75) is 33.2 Å². The normalized spacial score (nSPS) is 12.7. The topological polar surface area (TPSA) is 50.7 Å². The number of nitrogens with zero attached hydrogens (tertiary/aromatic N) is 3. The molecule has 1 N–H and O–H groups in total. The fourth-order valence-electron chi connectivity index (χ4n) is 1.74. The lowest BCUT2D eigenvalue weighted by Crippen LogP contribution is -2.20. The van der Waals surface area contributed by atoms with Gasteiger partial charge in [0.25, 0.3) is 0 Å². The maximum Gasteiger partial charge on any atom is 0.0950 e. The van der Waals surface area contributed by atoms with Crippen molar-refractivity contribution in [2.24, 2.45) is 0 Å². The van der Waals surface area contributed by atoms with E-state index in [4.69, 9.17) is 0 Å². The number of thiazole rings is 1. The number of nitrogens with one attached hydrogen (secondary N) is 1. The number of aryl methyl sites for hydroxylation is 3. The molecule has 5 heteroatoms. The Kier molecular flexibility index (Phi) is 4.04. The van der Waals surface area contributed by atoms with Crippen molar-refractivity contribution in [3.8, 4) is 0 Å². The molecule has 0 fully saturated rings. The molecule has 0 aliphatic carbocycles. The Hall–Kier alpha value is -1.33. The van der Waals surface area contributed by atoms with E-state index in [0.29, 0.717) is 0 Å². The van der Waals surface area contributed by atoms with Gasteiger partial charge in [-0.1, -0.05) is 0 Å². The summed E-state index contributed by atoms with van der Waals surface area (Å²) in [5, 5.41) is 4.42. The Bertz CT molecular complexity index is 499. The van der Waals surface area contributed by atoms with Gasteiger partial charge in [-0.25, -0.2) is 4.98 Å². The van der Waals surface area contributed by atoms with Crippen LogP contribution in [0.2, 0.25) is 0 Å². The first-order chi connectivity index (χ1) is 8.60. The van der Waals surface area contributed by atoms with Crippen LogP contribution in [0.25, 0.3) is 0 Å². The summed E-state index contributed by atoms with van der Waals surface area (Å²) in [6, 6.07) is 0.169. The standard InChI is InChI=1S/C13H18N4S/c1-8-6-16-12(7-15-8)11(14-4)5-13-17-9(2)10(3)18-13/h6-7,11,14H,5H2,1-4H3. The van der Waals surface area contributed by atoms with Crippen LogP contribution in [-0.2, 0) is 6.42 Å². The van der Waals surface area contributed by atoms with Gasteiger partial charge in [0.15, 0.2) is 0 Å². The summed E-state index contributed by atoms with van der Waals surface area (Å²) in [5.74, 6) is 0. The fourth-order valence-corrected chi connectivity index (χ4v) is 2.72. The second kappa shape index (κ2) is 5.54. The van der Waals surface area contributed by atoms with Gasteiger partial charge in [0.1, 0.15) is 0 Å². The summed E-state index contributed by atoms with van der Waals surface area (Å²) in [4.78, 5) is 14.6. The van der Waals surface area contributed by atoms with Crippen LogP contribution in [0.5, 0.6) is 0 Å². The Balaban J connectivity index is 2.16. The van der Waals surface area contributed by atoms with Gasteiger partial charge < -0.3 is 5.32 Å². The first kappa shape index (κ1) is 13.1. The number of hydrogen-bond acceptors (Lipinski definition) is 5. The van der Waals surface area contributed by atoms with Crippen LogP contribution in [0, 0.1) is 20.8 Å². The Morgan fingerprint density at radius 1 is 1.22 bits per heavy atom. The summed E-state index contributed by atoms with van der Waals surface area (Å²) >= 11 is 1.76. The fraction of sp³-hybridized carbons (Fsp3) is 0.462. The minimum absolute atomic E-state index is 0.169. The molecule has 0 aliphatic rings. The highest BCUT2D eigenvalue weighted by Gasteiger charge is 2.14. The number of aromatic nitrogens is 3. The van der Waals surface area contributed by atoms with Crippen molar-refractivity contribution in [1.82, 2.24) is 20.3 Å². The van der Waals surface area contributed by atoms with E-state index in [0.717, 1.165) is 28.5 Å². The van der Waals surface area contributed by atoms with Gasteiger partial charge in [0.05, 0.1) is 34.3 Å². The monoisotopic (exact) mass is 262 g/mol. The van der Waals surface area contributed by atoms with Gasteiger partial charge in [0, 0.05) is 17.5 Å². The molecule has 0 saturated heterocycles. The molecule has 2 rings (SSSR count). The molecule has 0 amide bonds. The molecule has 0 aromatic carbocycles. The highest BCUT2D eigenvalue weighted by molar-refractivity contribution is 7.11. The predicted molar refractivity (Wildman–Crippen MR) is 73.9 cm³/mol. The van der Waals surface area contributed by atoms with Gasteiger partial charge in [0.2, 0.25) is 0 Å². The highest BCUT2D eigenvalue weighted by atomic mass is 32.1. The SMILES string of the molecule is CNC(Cc1nc(C)c(C)s1)c1cnc(C)cn1. The summed E-state index contributed by atoms with van der Waals surface area (Å²) in [7, 11) is 1.94. The third kappa shape index (κ3) is 2.91. The molecule has 96 valence electrons. The van der Waals surface area contributed by atoms with E-state index in [-0.39, 0.29) is 6.04 Å². The molecule has 0 bridgehead atoms. The van der Waals surface area contributed by atoms with Crippen molar-refractivity contribution in [3.05, 3.63) is 39.4 Å². The van der Waals surface area contributed by atoms with Crippen LogP contribution in [0.1, 0.15) is 33.0 Å². The molecule has 0 aliphatic heterocycles. The molecule has 2 aromatic rings. The second-order valence-electron chi connectivity index (χ2n) is 4.38. The molecule has 0 radical (unpaired) electrons. The second-order valence-corrected chi connectivity index (χ2v) is 5.66. The minimum atomic E-state index is 0.169. The average molecular weight is 262 g/mol. The van der Waals surface area contributed by atoms with E-state index in [1.165, 1.54) is 4.88 Å². The third-order valence-corrected chi connectivity index (χ3v) is 4.05. The van der Waals surface area contributed by atoms with Gasteiger partial charge in [-0.05, 0) is 27.8 Å². The van der Waals surface area contributed by atoms with Crippen molar-refractivity contribution >= 4 is 11.3 Å². The number of hydrogen-bond donors (Lipinski definition) is 1. The minimum Gasteiger partial charge on any atom is -0.311 e. The lowest BCUT2D eigenvalue weighted by atomic mass is 10.1. The van der Waals surface area contributed by atoms with Crippen LogP contribution in [-0.4, -0.2) is 22.0 Å². The summed E-state index contributed by atoms with van der Waals surface area (Å²) in [6.07, 6.45) is 4.50. The van der Waals surface area contributed by atoms with Gasteiger partial charge in [-0.2, -0.15) is 0 Å². The molecule has 2 aromatic heterocycles. The first-order valence-electron chi connectivity index (χ1n) is 5.99. The van der Waals surface area contributed by atoms with Crippen molar-refractivity contribution < 1.29 is 0 Å². The average Bonchev–Trinajstić information content (AvgIpc) is 2.67. The first-order valence-corrected chi connectivity index (χ1v) is 6.80. The number of likely N-dealkylation sites (N-methyl/N-ethyl adjacent to an activating group) is 1. The molecule has 2 heterocycles. The van der Waals surface area contributed by atoms with Crippen LogP contribution in [0.15, 0.2) is 12.4 Å². The molecule has 0 saturated carbocycles. The molecular formula is C13H18N4S. The summed E-state index contributed by atoms with van der Waals surface area (Å²) < 4.78 is 0. The maximum atomic E-state index is 4.57. The maximum absolute atomic E-state index is 4.57. The van der Waals surface area contributed by atoms with Crippen molar-refractivity contribution in [1.29, 1.82) is 0 Å². The summed E-state index contributed by atoms with van der Waals surface area (Å²) in [5.41, 5.74) is 3.03. The molecule has 1 atom stereocenters. The number of rotatable bonds is 4. The van der Waals surface area contributed by atoms with E-state index >= 15 is 0 Å². The van der Waals surface area contributed by atoms with E-state index < -0.39 is 0 Å². The van der Waals surface area contributed by atoms with Gasteiger partial charge >= 0.3 is 0 Å². The third-order valence-electron chi connectivity index (χ3n) is 2.96. The lowest BCUT2D eigenvalue weighted by molar-refractivity contribution is 0.570. The Morgan fingerprint density at radius 2 is 2.00 bits per heavy atom. The zero-order valence-corrected chi connectivity index (χ0v) is 12.0. The van der Waals surface area contributed by atoms with E-state index in [1.807, 2.05) is 20.2 Å². The van der Waals surface area contributed by atoms with Crippen molar-refractivity contribution in [3.63, 3.8) is 0 Å². The quantitative estimate of drug-likeness (QED) is 0.919.